The molecule has 0 N–H and O–H groups in total. The molecule has 1 aromatic carbocycles. The Morgan fingerprint density at radius 3 is 2.88 bits per heavy atom. The van der Waals surface area contributed by atoms with E-state index in [1.54, 1.807) is 11.1 Å². The van der Waals surface area contributed by atoms with Crippen LogP contribution in [0.3, 0.4) is 0 Å². The summed E-state index contributed by atoms with van der Waals surface area (Å²) in [6.07, 6.45) is 5.66. The molecule has 0 amide bonds. The molecular weight excluding hydrogens is 194 g/mol. The molecule has 1 nitrogen and oxygen atoms in total. The minimum absolute atomic E-state index is 0.818. The van der Waals surface area contributed by atoms with Gasteiger partial charge in [0.1, 0.15) is 0 Å². The predicted molar refractivity (Wildman–Crippen MR) is 67.5 cm³/mol. The highest BCUT2D eigenvalue weighted by atomic mass is 15.2. The zero-order valence-electron chi connectivity index (χ0n) is 10.2. The number of hydrogen-bond donors (Lipinski definition) is 0. The van der Waals surface area contributed by atoms with Gasteiger partial charge < -0.3 is 0 Å². The first-order valence-corrected chi connectivity index (χ1v) is 6.72. The van der Waals surface area contributed by atoms with Gasteiger partial charge in [-0.1, -0.05) is 44.0 Å². The van der Waals surface area contributed by atoms with E-state index in [2.05, 4.69) is 36.1 Å². The molecule has 1 heterocycles. The van der Waals surface area contributed by atoms with Crippen LogP contribution in [-0.2, 0) is 6.54 Å². The molecule has 2 aliphatic rings. The Morgan fingerprint density at radius 1 is 1.19 bits per heavy atom. The molecule has 0 radical (unpaired) electrons. The fourth-order valence-corrected chi connectivity index (χ4v) is 3.63. The van der Waals surface area contributed by atoms with Gasteiger partial charge >= 0.3 is 0 Å². The van der Waals surface area contributed by atoms with Gasteiger partial charge in [0.05, 0.1) is 0 Å². The van der Waals surface area contributed by atoms with Crippen molar-refractivity contribution < 1.29 is 0 Å². The van der Waals surface area contributed by atoms with Crippen molar-refractivity contribution in [1.29, 1.82) is 0 Å². The Bertz CT molecular complexity index is 371. The normalized spacial score (nSPS) is 29.6. The van der Waals surface area contributed by atoms with Crippen molar-refractivity contribution in [3.8, 4) is 0 Å². The second-order valence-corrected chi connectivity index (χ2v) is 5.22. The largest absolute Gasteiger partial charge is 0.296 e. The third-order valence-electron chi connectivity index (χ3n) is 4.43. The van der Waals surface area contributed by atoms with Crippen molar-refractivity contribution in [2.24, 2.45) is 0 Å². The topological polar surface area (TPSA) is 3.24 Å². The molecule has 0 spiro atoms. The molecule has 0 saturated heterocycles. The zero-order valence-corrected chi connectivity index (χ0v) is 10.2. The van der Waals surface area contributed by atoms with Gasteiger partial charge in [0.15, 0.2) is 0 Å². The maximum absolute atomic E-state index is 2.69. The monoisotopic (exact) mass is 215 g/mol. The molecule has 1 aromatic rings. The van der Waals surface area contributed by atoms with Crippen LogP contribution < -0.4 is 0 Å². The number of benzene rings is 1. The highest BCUT2D eigenvalue weighted by Crippen LogP contribution is 2.41. The average Bonchev–Trinajstić information content (AvgIpc) is 2.38. The fraction of sp³-hybridized carbons (Fsp3) is 0.600. The molecule has 2 atom stereocenters. The smallest absolute Gasteiger partial charge is 0.0239 e. The second-order valence-electron chi connectivity index (χ2n) is 5.22. The third kappa shape index (κ3) is 1.58. The molecule has 86 valence electrons. The molecule has 1 saturated carbocycles. The van der Waals surface area contributed by atoms with Gasteiger partial charge in [0, 0.05) is 12.6 Å². The predicted octanol–water partition coefficient (Wildman–Crippen LogP) is 3.55. The van der Waals surface area contributed by atoms with Crippen LogP contribution in [0.15, 0.2) is 24.3 Å². The molecule has 0 bridgehead atoms. The van der Waals surface area contributed by atoms with Crippen molar-refractivity contribution in [2.45, 2.75) is 51.1 Å². The molecular formula is C15H21N. The summed E-state index contributed by atoms with van der Waals surface area (Å²) in [4.78, 5) is 2.69. The van der Waals surface area contributed by atoms with Crippen LogP contribution in [0.5, 0.6) is 0 Å². The lowest BCUT2D eigenvalue weighted by molar-refractivity contribution is 0.119. The highest BCUT2D eigenvalue weighted by Gasteiger charge is 2.35. The Balaban J connectivity index is 2.00. The summed E-state index contributed by atoms with van der Waals surface area (Å²) < 4.78 is 0. The van der Waals surface area contributed by atoms with Gasteiger partial charge in [-0.25, -0.2) is 0 Å². The third-order valence-corrected chi connectivity index (χ3v) is 4.43. The van der Waals surface area contributed by atoms with Crippen molar-refractivity contribution in [3.05, 3.63) is 35.4 Å². The van der Waals surface area contributed by atoms with E-state index in [1.807, 2.05) is 0 Å². The van der Waals surface area contributed by atoms with E-state index in [0.29, 0.717) is 0 Å². The summed E-state index contributed by atoms with van der Waals surface area (Å²) in [5, 5.41) is 0. The van der Waals surface area contributed by atoms with Gasteiger partial charge in [-0.2, -0.15) is 0 Å². The lowest BCUT2D eigenvalue weighted by Gasteiger charge is -2.44. The Labute approximate surface area is 98.5 Å². The van der Waals surface area contributed by atoms with Crippen molar-refractivity contribution in [1.82, 2.24) is 4.90 Å². The first-order chi connectivity index (χ1) is 7.90. The highest BCUT2D eigenvalue weighted by molar-refractivity contribution is 5.34. The first kappa shape index (κ1) is 10.3. The lowest BCUT2D eigenvalue weighted by Crippen LogP contribution is -2.44. The van der Waals surface area contributed by atoms with Crippen LogP contribution in [0.2, 0.25) is 0 Å². The number of hydrogen-bond acceptors (Lipinski definition) is 1. The molecule has 3 rings (SSSR count). The van der Waals surface area contributed by atoms with E-state index < -0.39 is 0 Å². The number of fused-ring (bicyclic) bond motifs is 3. The van der Waals surface area contributed by atoms with E-state index >= 15 is 0 Å². The van der Waals surface area contributed by atoms with Crippen LogP contribution in [0, 0.1) is 0 Å². The zero-order chi connectivity index (χ0) is 11.0. The van der Waals surface area contributed by atoms with E-state index in [4.69, 9.17) is 0 Å². The van der Waals surface area contributed by atoms with Crippen molar-refractivity contribution >= 4 is 0 Å². The SMILES string of the molecule is CCN1Cc2ccccc2[C@H]2CCCC[C@@H]21. The van der Waals surface area contributed by atoms with Crippen LogP contribution >= 0.6 is 0 Å². The lowest BCUT2D eigenvalue weighted by atomic mass is 9.75. The average molecular weight is 215 g/mol. The summed E-state index contributed by atoms with van der Waals surface area (Å²) in [5.74, 6) is 0.818. The number of rotatable bonds is 1. The van der Waals surface area contributed by atoms with Gasteiger partial charge in [-0.15, -0.1) is 0 Å². The summed E-state index contributed by atoms with van der Waals surface area (Å²) in [7, 11) is 0. The standard InChI is InChI=1S/C15H21N/c1-2-16-11-12-7-3-4-8-13(12)14-9-5-6-10-15(14)16/h3-4,7-8,14-15H,2,5-6,9-11H2,1H3/t14-,15+/m1/s1. The summed E-state index contributed by atoms with van der Waals surface area (Å²) in [6.45, 7) is 4.68. The minimum Gasteiger partial charge on any atom is -0.296 e. The Kier molecular flexibility index (Phi) is 2.72. The Morgan fingerprint density at radius 2 is 2.00 bits per heavy atom. The van der Waals surface area contributed by atoms with Crippen LogP contribution in [0.4, 0.5) is 0 Å². The van der Waals surface area contributed by atoms with Gasteiger partial charge in [-0.3, -0.25) is 4.90 Å². The molecule has 16 heavy (non-hydrogen) atoms. The van der Waals surface area contributed by atoms with Crippen molar-refractivity contribution in [2.75, 3.05) is 6.54 Å². The summed E-state index contributed by atoms with van der Waals surface area (Å²) in [6, 6.07) is 9.92. The van der Waals surface area contributed by atoms with Gasteiger partial charge in [-0.05, 0) is 36.4 Å². The van der Waals surface area contributed by atoms with E-state index in [1.165, 1.54) is 38.8 Å². The molecule has 0 unspecified atom stereocenters. The molecule has 1 fully saturated rings. The second kappa shape index (κ2) is 4.21. The van der Waals surface area contributed by atoms with Gasteiger partial charge in [0.2, 0.25) is 0 Å². The molecule has 1 heteroatoms. The van der Waals surface area contributed by atoms with E-state index in [9.17, 15) is 0 Å². The quantitative estimate of drug-likeness (QED) is 0.692. The number of likely N-dealkylation sites (N-methyl/N-ethyl adjacent to an activating group) is 1. The van der Waals surface area contributed by atoms with Gasteiger partial charge in [0.25, 0.3) is 0 Å². The fourth-order valence-electron chi connectivity index (χ4n) is 3.63. The maximum atomic E-state index is 2.69. The van der Waals surface area contributed by atoms with Crippen LogP contribution in [-0.4, -0.2) is 17.5 Å². The molecule has 1 aliphatic carbocycles. The summed E-state index contributed by atoms with van der Waals surface area (Å²) in [5.41, 5.74) is 3.23. The van der Waals surface area contributed by atoms with Crippen molar-refractivity contribution in [3.63, 3.8) is 0 Å². The van der Waals surface area contributed by atoms with E-state index in [0.717, 1.165) is 12.0 Å². The Hall–Kier alpha value is -0.820. The first-order valence-electron chi connectivity index (χ1n) is 6.72. The summed E-state index contributed by atoms with van der Waals surface area (Å²) >= 11 is 0. The number of nitrogens with zero attached hydrogens (tertiary/aromatic N) is 1. The molecule has 1 aliphatic heterocycles. The molecule has 0 aromatic heterocycles. The van der Waals surface area contributed by atoms with Crippen LogP contribution in [0.1, 0.15) is 49.7 Å². The minimum atomic E-state index is 0.818. The van der Waals surface area contributed by atoms with E-state index in [-0.39, 0.29) is 0 Å². The van der Waals surface area contributed by atoms with Crippen LogP contribution in [0.25, 0.3) is 0 Å². The maximum Gasteiger partial charge on any atom is 0.0239 e.